The molecule has 2 rings (SSSR count). The van der Waals surface area contributed by atoms with Crippen molar-refractivity contribution in [2.45, 2.75) is 18.9 Å². The van der Waals surface area contributed by atoms with E-state index in [1.165, 1.54) is 24.3 Å². The van der Waals surface area contributed by atoms with E-state index in [1.54, 1.807) is 13.0 Å². The summed E-state index contributed by atoms with van der Waals surface area (Å²) >= 11 is 0. The summed E-state index contributed by atoms with van der Waals surface area (Å²) in [7, 11) is -3.14. The number of hydrogen-bond donors (Lipinski definition) is 1. The van der Waals surface area contributed by atoms with Crippen LogP contribution in [0.2, 0.25) is 0 Å². The second-order valence-electron chi connectivity index (χ2n) is 5.91. The van der Waals surface area contributed by atoms with Gasteiger partial charge in [-0.3, -0.25) is 4.79 Å². The normalized spacial score (nSPS) is 22.4. The number of rotatable bonds is 5. The quantitative estimate of drug-likeness (QED) is 0.630. The van der Waals surface area contributed by atoms with Crippen LogP contribution < -0.4 is 5.32 Å². The van der Waals surface area contributed by atoms with Crippen LogP contribution >= 0.6 is 0 Å². The standard InChI is InChI=1S/C16H18FNO5S/c1-16(8-9-24(21,22)11-16)18-14(19)10-23-15(20)7-6-12-4-2-3-5-13(12)17/h2-7H,8-11H2,1H3,(H,18,19)/b7-6+/t16-/m1/s1. The van der Waals surface area contributed by atoms with Gasteiger partial charge < -0.3 is 10.1 Å². The third-order valence-corrected chi connectivity index (χ3v) is 5.50. The van der Waals surface area contributed by atoms with E-state index in [0.717, 1.165) is 6.08 Å². The fourth-order valence-electron chi connectivity index (χ4n) is 2.43. The summed E-state index contributed by atoms with van der Waals surface area (Å²) in [6.07, 6.45) is 2.59. The Morgan fingerprint density at radius 1 is 1.38 bits per heavy atom. The average molecular weight is 355 g/mol. The molecule has 0 aliphatic carbocycles. The number of sulfone groups is 1. The van der Waals surface area contributed by atoms with Crippen LogP contribution in [0.25, 0.3) is 6.08 Å². The summed E-state index contributed by atoms with van der Waals surface area (Å²) < 4.78 is 41.1. The van der Waals surface area contributed by atoms with Crippen molar-refractivity contribution in [2.75, 3.05) is 18.1 Å². The van der Waals surface area contributed by atoms with Gasteiger partial charge in [0.15, 0.2) is 16.4 Å². The largest absolute Gasteiger partial charge is 0.452 e. The Hall–Kier alpha value is -2.22. The molecule has 1 N–H and O–H groups in total. The van der Waals surface area contributed by atoms with E-state index in [0.29, 0.717) is 6.42 Å². The molecule has 1 aliphatic rings. The van der Waals surface area contributed by atoms with Gasteiger partial charge >= 0.3 is 5.97 Å². The first-order valence-corrected chi connectivity index (χ1v) is 9.12. The highest BCUT2D eigenvalue weighted by atomic mass is 32.2. The van der Waals surface area contributed by atoms with Gasteiger partial charge in [-0.25, -0.2) is 17.6 Å². The third-order valence-electron chi connectivity index (χ3n) is 3.59. The fourth-order valence-corrected chi connectivity index (χ4v) is 4.53. The van der Waals surface area contributed by atoms with Crippen LogP contribution in [0.1, 0.15) is 18.9 Å². The maximum atomic E-state index is 13.4. The van der Waals surface area contributed by atoms with Gasteiger partial charge in [-0.15, -0.1) is 0 Å². The number of ether oxygens (including phenoxy) is 1. The van der Waals surface area contributed by atoms with Crippen LogP contribution in [0.5, 0.6) is 0 Å². The summed E-state index contributed by atoms with van der Waals surface area (Å²) in [5.74, 6) is -1.96. The number of carbonyl (C=O) groups excluding carboxylic acids is 2. The zero-order chi connectivity index (χ0) is 17.8. The van der Waals surface area contributed by atoms with Crippen LogP contribution in [0, 0.1) is 5.82 Å². The molecule has 1 heterocycles. The van der Waals surface area contributed by atoms with E-state index < -0.39 is 39.7 Å². The zero-order valence-corrected chi connectivity index (χ0v) is 13.9. The topological polar surface area (TPSA) is 89.5 Å². The SMILES string of the molecule is C[C@@]1(NC(=O)COC(=O)/C=C/c2ccccc2F)CCS(=O)(=O)C1. The Kier molecular flexibility index (Phi) is 5.38. The molecule has 1 aliphatic heterocycles. The second-order valence-corrected chi connectivity index (χ2v) is 8.10. The van der Waals surface area contributed by atoms with Gasteiger partial charge in [-0.2, -0.15) is 0 Å². The maximum absolute atomic E-state index is 13.4. The molecule has 1 fully saturated rings. The van der Waals surface area contributed by atoms with Gasteiger partial charge in [0.1, 0.15) is 5.82 Å². The molecule has 1 aromatic rings. The van der Waals surface area contributed by atoms with Gasteiger partial charge in [0.25, 0.3) is 5.91 Å². The maximum Gasteiger partial charge on any atom is 0.331 e. The minimum atomic E-state index is -3.14. The van der Waals surface area contributed by atoms with Crippen molar-refractivity contribution in [3.63, 3.8) is 0 Å². The number of amides is 1. The molecule has 0 saturated carbocycles. The Labute approximate surface area is 139 Å². The van der Waals surface area contributed by atoms with E-state index >= 15 is 0 Å². The highest BCUT2D eigenvalue weighted by Gasteiger charge is 2.39. The first-order chi connectivity index (χ1) is 11.2. The zero-order valence-electron chi connectivity index (χ0n) is 13.1. The molecule has 0 bridgehead atoms. The lowest BCUT2D eigenvalue weighted by atomic mass is 10.0. The average Bonchev–Trinajstić information content (AvgIpc) is 2.77. The van der Waals surface area contributed by atoms with Crippen molar-refractivity contribution in [3.05, 3.63) is 41.7 Å². The van der Waals surface area contributed by atoms with Crippen molar-refractivity contribution in [3.8, 4) is 0 Å². The predicted molar refractivity (Wildman–Crippen MR) is 86.2 cm³/mol. The summed E-state index contributed by atoms with van der Waals surface area (Å²) in [6.45, 7) is 1.10. The Bertz CT molecular complexity index is 774. The minimum absolute atomic E-state index is 0.0228. The lowest BCUT2D eigenvalue weighted by Gasteiger charge is -2.23. The first-order valence-electron chi connectivity index (χ1n) is 7.30. The van der Waals surface area contributed by atoms with Crippen LogP contribution in [-0.4, -0.2) is 43.9 Å². The smallest absolute Gasteiger partial charge is 0.331 e. The molecular weight excluding hydrogens is 337 g/mol. The Balaban J connectivity index is 1.82. The molecule has 1 aromatic carbocycles. The molecule has 130 valence electrons. The van der Waals surface area contributed by atoms with Crippen molar-refractivity contribution in [1.82, 2.24) is 5.32 Å². The molecule has 1 atom stereocenters. The monoisotopic (exact) mass is 355 g/mol. The van der Waals surface area contributed by atoms with Gasteiger partial charge in [0, 0.05) is 11.6 Å². The number of carbonyl (C=O) groups is 2. The van der Waals surface area contributed by atoms with Crippen LogP contribution in [0.4, 0.5) is 4.39 Å². The molecule has 0 radical (unpaired) electrons. The molecule has 0 aromatic heterocycles. The van der Waals surface area contributed by atoms with Crippen molar-refractivity contribution in [2.24, 2.45) is 0 Å². The highest BCUT2D eigenvalue weighted by molar-refractivity contribution is 7.91. The van der Waals surface area contributed by atoms with Gasteiger partial charge in [-0.1, -0.05) is 18.2 Å². The number of nitrogens with one attached hydrogen (secondary N) is 1. The first kappa shape index (κ1) is 18.1. The van der Waals surface area contributed by atoms with E-state index in [2.05, 4.69) is 5.32 Å². The van der Waals surface area contributed by atoms with Crippen molar-refractivity contribution < 1.29 is 27.1 Å². The Morgan fingerprint density at radius 3 is 2.71 bits per heavy atom. The molecule has 1 saturated heterocycles. The van der Waals surface area contributed by atoms with E-state index in [9.17, 15) is 22.4 Å². The number of esters is 1. The molecule has 24 heavy (non-hydrogen) atoms. The molecule has 0 spiro atoms. The lowest BCUT2D eigenvalue weighted by Crippen LogP contribution is -2.48. The van der Waals surface area contributed by atoms with E-state index in [4.69, 9.17) is 4.74 Å². The molecule has 8 heteroatoms. The summed E-state index contributed by atoms with van der Waals surface area (Å²) in [4.78, 5) is 23.3. The van der Waals surface area contributed by atoms with E-state index in [-0.39, 0.29) is 17.1 Å². The predicted octanol–water partition coefficient (Wildman–Crippen LogP) is 1.08. The van der Waals surface area contributed by atoms with Gasteiger partial charge in [-0.05, 0) is 25.5 Å². The third kappa shape index (κ3) is 5.16. The fraction of sp³-hybridized carbons (Fsp3) is 0.375. The molecular formula is C16H18FNO5S. The van der Waals surface area contributed by atoms with Crippen LogP contribution in [-0.2, 0) is 24.2 Å². The Morgan fingerprint density at radius 2 is 2.08 bits per heavy atom. The second kappa shape index (κ2) is 7.12. The van der Waals surface area contributed by atoms with E-state index in [1.807, 2.05) is 0 Å². The minimum Gasteiger partial charge on any atom is -0.452 e. The van der Waals surface area contributed by atoms with Crippen molar-refractivity contribution in [1.29, 1.82) is 0 Å². The number of hydrogen-bond acceptors (Lipinski definition) is 5. The molecule has 6 nitrogen and oxygen atoms in total. The molecule has 1 amide bonds. The van der Waals surface area contributed by atoms with Crippen LogP contribution in [0.3, 0.4) is 0 Å². The molecule has 0 unspecified atom stereocenters. The summed E-state index contributed by atoms with van der Waals surface area (Å²) in [5.41, 5.74) is -0.617. The van der Waals surface area contributed by atoms with Crippen LogP contribution in [0.15, 0.2) is 30.3 Å². The summed E-state index contributed by atoms with van der Waals surface area (Å²) in [6, 6.07) is 5.90. The highest BCUT2D eigenvalue weighted by Crippen LogP contribution is 2.22. The van der Waals surface area contributed by atoms with Crippen molar-refractivity contribution >= 4 is 27.8 Å². The van der Waals surface area contributed by atoms with Gasteiger partial charge in [0.05, 0.1) is 17.0 Å². The number of benzene rings is 1. The summed E-state index contributed by atoms with van der Waals surface area (Å²) in [5, 5.41) is 2.57. The lowest BCUT2D eigenvalue weighted by molar-refractivity contribution is -0.144. The number of halogens is 1. The van der Waals surface area contributed by atoms with Gasteiger partial charge in [0.2, 0.25) is 0 Å².